The van der Waals surface area contributed by atoms with Crippen molar-refractivity contribution in [1.82, 2.24) is 5.32 Å². The molecular weight excluding hydrogens is 281 g/mol. The third-order valence-electron chi connectivity index (χ3n) is 3.52. The quantitative estimate of drug-likeness (QED) is 0.919. The summed E-state index contributed by atoms with van der Waals surface area (Å²) in [6, 6.07) is 13.8. The highest BCUT2D eigenvalue weighted by Crippen LogP contribution is 2.23. The number of amides is 1. The predicted octanol–water partition coefficient (Wildman–Crippen LogP) is 3.43. The van der Waals surface area contributed by atoms with Crippen molar-refractivity contribution in [2.24, 2.45) is 0 Å². The molecule has 0 aromatic heterocycles. The van der Waals surface area contributed by atoms with Gasteiger partial charge in [0.25, 0.3) is 0 Å². The minimum absolute atomic E-state index is 0.154. The Morgan fingerprint density at radius 3 is 2.36 bits per heavy atom. The largest absolute Gasteiger partial charge is 0.497 e. The first-order valence-electron chi connectivity index (χ1n) is 7.11. The van der Waals surface area contributed by atoms with Crippen LogP contribution in [0.5, 0.6) is 5.75 Å². The Morgan fingerprint density at radius 2 is 1.77 bits per heavy atom. The molecule has 3 nitrogen and oxygen atoms in total. The standard InChI is InChI=1S/C18H20FNO2/c1-18(2,15-6-4-5-7-16(15)19)20-17(21)12-13-8-10-14(22-3)11-9-13/h4-11H,12H2,1-3H3,(H,20,21). The molecule has 0 radical (unpaired) electrons. The van der Waals surface area contributed by atoms with Crippen LogP contribution in [0.15, 0.2) is 48.5 Å². The molecule has 0 saturated heterocycles. The lowest BCUT2D eigenvalue weighted by atomic mass is 9.93. The van der Waals surface area contributed by atoms with E-state index in [1.165, 1.54) is 6.07 Å². The average Bonchev–Trinajstić information content (AvgIpc) is 2.47. The molecule has 1 amide bonds. The van der Waals surface area contributed by atoms with Gasteiger partial charge in [-0.3, -0.25) is 4.79 Å². The summed E-state index contributed by atoms with van der Waals surface area (Å²) in [7, 11) is 1.60. The Kier molecular flexibility index (Phi) is 4.81. The molecule has 0 heterocycles. The van der Waals surface area contributed by atoms with Crippen molar-refractivity contribution < 1.29 is 13.9 Å². The lowest BCUT2D eigenvalue weighted by molar-refractivity contribution is -0.122. The van der Waals surface area contributed by atoms with Crippen molar-refractivity contribution in [3.63, 3.8) is 0 Å². The molecule has 0 bridgehead atoms. The summed E-state index contributed by atoms with van der Waals surface area (Å²) in [5, 5.41) is 2.88. The highest BCUT2D eigenvalue weighted by molar-refractivity contribution is 5.79. The highest BCUT2D eigenvalue weighted by atomic mass is 19.1. The van der Waals surface area contributed by atoms with E-state index in [4.69, 9.17) is 4.74 Å². The van der Waals surface area contributed by atoms with Gasteiger partial charge in [0.05, 0.1) is 19.1 Å². The molecule has 4 heteroatoms. The second-order valence-electron chi connectivity index (χ2n) is 5.68. The van der Waals surface area contributed by atoms with Crippen LogP contribution in [-0.2, 0) is 16.8 Å². The summed E-state index contributed by atoms with van der Waals surface area (Å²) < 4.78 is 19.0. The van der Waals surface area contributed by atoms with E-state index >= 15 is 0 Å². The number of hydrogen-bond acceptors (Lipinski definition) is 2. The second-order valence-corrected chi connectivity index (χ2v) is 5.68. The van der Waals surface area contributed by atoms with Crippen LogP contribution >= 0.6 is 0 Å². The number of ether oxygens (including phenoxy) is 1. The van der Waals surface area contributed by atoms with Gasteiger partial charge in [-0.15, -0.1) is 0 Å². The van der Waals surface area contributed by atoms with E-state index in [1.807, 2.05) is 24.3 Å². The molecule has 0 aliphatic rings. The van der Waals surface area contributed by atoms with Crippen LogP contribution in [0.2, 0.25) is 0 Å². The minimum atomic E-state index is -0.769. The van der Waals surface area contributed by atoms with Crippen molar-refractivity contribution in [2.75, 3.05) is 7.11 Å². The van der Waals surface area contributed by atoms with Crippen molar-refractivity contribution in [3.8, 4) is 5.75 Å². The highest BCUT2D eigenvalue weighted by Gasteiger charge is 2.25. The van der Waals surface area contributed by atoms with Crippen molar-refractivity contribution in [1.29, 1.82) is 0 Å². The number of methoxy groups -OCH3 is 1. The molecule has 1 N–H and O–H groups in total. The van der Waals surface area contributed by atoms with E-state index in [0.717, 1.165) is 11.3 Å². The lowest BCUT2D eigenvalue weighted by Crippen LogP contribution is -2.42. The lowest BCUT2D eigenvalue weighted by Gasteiger charge is -2.27. The Hall–Kier alpha value is -2.36. The fourth-order valence-electron chi connectivity index (χ4n) is 2.36. The first kappa shape index (κ1) is 16.0. The monoisotopic (exact) mass is 301 g/mol. The number of rotatable bonds is 5. The molecule has 0 spiro atoms. The van der Waals surface area contributed by atoms with Crippen LogP contribution in [0.25, 0.3) is 0 Å². The number of hydrogen-bond donors (Lipinski definition) is 1. The summed E-state index contributed by atoms with van der Waals surface area (Å²) >= 11 is 0. The molecule has 0 aliphatic carbocycles. The Morgan fingerprint density at radius 1 is 1.14 bits per heavy atom. The maximum atomic E-state index is 13.9. The second kappa shape index (κ2) is 6.60. The number of benzene rings is 2. The topological polar surface area (TPSA) is 38.3 Å². The van der Waals surface area contributed by atoms with E-state index in [1.54, 1.807) is 39.2 Å². The third-order valence-corrected chi connectivity index (χ3v) is 3.52. The molecule has 0 fully saturated rings. The first-order valence-corrected chi connectivity index (χ1v) is 7.11. The molecular formula is C18H20FNO2. The first-order chi connectivity index (χ1) is 10.4. The number of nitrogens with one attached hydrogen (secondary N) is 1. The number of carbonyl (C=O) groups excluding carboxylic acids is 1. The average molecular weight is 301 g/mol. The maximum Gasteiger partial charge on any atom is 0.225 e. The van der Waals surface area contributed by atoms with Gasteiger partial charge < -0.3 is 10.1 Å². The van der Waals surface area contributed by atoms with Gasteiger partial charge in [0.15, 0.2) is 0 Å². The molecule has 0 atom stereocenters. The van der Waals surface area contributed by atoms with E-state index < -0.39 is 5.54 Å². The van der Waals surface area contributed by atoms with Gasteiger partial charge in [-0.25, -0.2) is 4.39 Å². The van der Waals surface area contributed by atoms with Gasteiger partial charge in [-0.05, 0) is 37.6 Å². The van der Waals surface area contributed by atoms with E-state index in [-0.39, 0.29) is 18.1 Å². The summed E-state index contributed by atoms with van der Waals surface area (Å²) in [4.78, 5) is 12.2. The zero-order valence-corrected chi connectivity index (χ0v) is 13.0. The van der Waals surface area contributed by atoms with Crippen LogP contribution in [-0.4, -0.2) is 13.0 Å². The predicted molar refractivity (Wildman–Crippen MR) is 84.3 cm³/mol. The van der Waals surface area contributed by atoms with Gasteiger partial charge in [-0.1, -0.05) is 30.3 Å². The zero-order chi connectivity index (χ0) is 16.2. The smallest absolute Gasteiger partial charge is 0.225 e. The van der Waals surface area contributed by atoms with Gasteiger partial charge in [0.1, 0.15) is 11.6 Å². The van der Waals surface area contributed by atoms with Crippen molar-refractivity contribution in [3.05, 3.63) is 65.5 Å². The third kappa shape index (κ3) is 3.85. The van der Waals surface area contributed by atoms with Gasteiger partial charge in [-0.2, -0.15) is 0 Å². The van der Waals surface area contributed by atoms with Crippen molar-refractivity contribution >= 4 is 5.91 Å². The molecule has 116 valence electrons. The van der Waals surface area contributed by atoms with Crippen LogP contribution in [0.1, 0.15) is 25.0 Å². The fraction of sp³-hybridized carbons (Fsp3) is 0.278. The van der Waals surface area contributed by atoms with Gasteiger partial charge in [0, 0.05) is 5.56 Å². The summed E-state index contributed by atoms with van der Waals surface area (Å²) in [6.07, 6.45) is 0.238. The summed E-state index contributed by atoms with van der Waals surface area (Å²) in [5.74, 6) is 0.270. The van der Waals surface area contributed by atoms with Gasteiger partial charge >= 0.3 is 0 Å². The van der Waals surface area contributed by atoms with E-state index in [9.17, 15) is 9.18 Å². The molecule has 2 rings (SSSR count). The summed E-state index contributed by atoms with van der Waals surface area (Å²) in [6.45, 7) is 3.58. The minimum Gasteiger partial charge on any atom is -0.497 e. The molecule has 2 aromatic carbocycles. The normalized spacial score (nSPS) is 11.1. The Bertz CT molecular complexity index is 650. The molecule has 2 aromatic rings. The van der Waals surface area contributed by atoms with Crippen molar-refractivity contribution in [2.45, 2.75) is 25.8 Å². The van der Waals surface area contributed by atoms with E-state index in [2.05, 4.69) is 5.32 Å². The SMILES string of the molecule is COc1ccc(CC(=O)NC(C)(C)c2ccccc2F)cc1. The van der Waals surface area contributed by atoms with Crippen LogP contribution in [0.3, 0.4) is 0 Å². The number of halogens is 1. The molecule has 0 unspecified atom stereocenters. The summed E-state index contributed by atoms with van der Waals surface area (Å²) in [5.41, 5.74) is 0.579. The van der Waals surface area contributed by atoms with Gasteiger partial charge in [0.2, 0.25) is 5.91 Å². The Labute approximate surface area is 130 Å². The number of carbonyl (C=O) groups is 1. The van der Waals surface area contributed by atoms with E-state index in [0.29, 0.717) is 5.56 Å². The molecule has 22 heavy (non-hydrogen) atoms. The fourth-order valence-corrected chi connectivity index (χ4v) is 2.36. The molecule has 0 saturated carbocycles. The van der Waals surface area contributed by atoms with Crippen LogP contribution in [0, 0.1) is 5.82 Å². The Balaban J connectivity index is 2.05. The van der Waals surface area contributed by atoms with Crippen LogP contribution < -0.4 is 10.1 Å². The van der Waals surface area contributed by atoms with Crippen LogP contribution in [0.4, 0.5) is 4.39 Å². The zero-order valence-electron chi connectivity index (χ0n) is 13.0. The maximum absolute atomic E-state index is 13.9. The molecule has 0 aliphatic heterocycles.